The Balaban J connectivity index is 2.29. The molecular formula is C29H40N2O4. The Hall–Kier alpha value is -3.15. The van der Waals surface area contributed by atoms with Gasteiger partial charge in [-0.25, -0.2) is 5.01 Å². The van der Waals surface area contributed by atoms with Crippen LogP contribution < -0.4 is 10.4 Å². The maximum atomic E-state index is 13.6. The second kappa shape index (κ2) is 13.1. The molecule has 0 unspecified atom stereocenters. The standard InChI is InChI=1S/C29H40N2O4/c1-21(2)20-26(27(33)30-31(22(3)32)24-17-11-8-12-18-24)25(28(34)35-29(4,5)6)19-13-16-23-14-9-7-10-15-23/h7-12,14-15,17-18,21,25-26H,13,16,19-20H2,1-6H3,(H,30,33)/t25-,26+/m0/s1. The van der Waals surface area contributed by atoms with Gasteiger partial charge in [-0.3, -0.25) is 19.8 Å². The third-order valence-corrected chi connectivity index (χ3v) is 5.63. The molecule has 0 aliphatic heterocycles. The van der Waals surface area contributed by atoms with Crippen LogP contribution in [-0.4, -0.2) is 23.4 Å². The van der Waals surface area contributed by atoms with Crippen molar-refractivity contribution < 1.29 is 19.1 Å². The van der Waals surface area contributed by atoms with Crippen LogP contribution in [0.3, 0.4) is 0 Å². The molecule has 190 valence electrons. The van der Waals surface area contributed by atoms with Crippen molar-refractivity contribution in [2.75, 3.05) is 5.01 Å². The second-order valence-corrected chi connectivity index (χ2v) is 10.4. The van der Waals surface area contributed by atoms with E-state index in [-0.39, 0.29) is 23.7 Å². The van der Waals surface area contributed by atoms with Crippen LogP contribution in [0.5, 0.6) is 0 Å². The number of para-hydroxylation sites is 1. The molecule has 6 nitrogen and oxygen atoms in total. The molecule has 0 aromatic heterocycles. The van der Waals surface area contributed by atoms with E-state index >= 15 is 0 Å². The summed E-state index contributed by atoms with van der Waals surface area (Å²) in [6.07, 6.45) is 2.56. The Morgan fingerprint density at radius 3 is 2.00 bits per heavy atom. The molecule has 0 spiro atoms. The fourth-order valence-electron chi connectivity index (χ4n) is 4.09. The van der Waals surface area contributed by atoms with Gasteiger partial charge in [0.2, 0.25) is 11.8 Å². The van der Waals surface area contributed by atoms with E-state index in [4.69, 9.17) is 4.74 Å². The predicted octanol–water partition coefficient (Wildman–Crippen LogP) is 5.71. The molecular weight excluding hydrogens is 440 g/mol. The highest BCUT2D eigenvalue weighted by Crippen LogP contribution is 2.29. The van der Waals surface area contributed by atoms with Crippen LogP contribution in [0.15, 0.2) is 60.7 Å². The largest absolute Gasteiger partial charge is 0.460 e. The molecule has 35 heavy (non-hydrogen) atoms. The average molecular weight is 481 g/mol. The molecule has 2 aromatic carbocycles. The van der Waals surface area contributed by atoms with E-state index < -0.39 is 17.4 Å². The lowest BCUT2D eigenvalue weighted by Crippen LogP contribution is -2.50. The van der Waals surface area contributed by atoms with Crippen LogP contribution in [0.1, 0.15) is 66.4 Å². The normalized spacial score (nSPS) is 13.1. The highest BCUT2D eigenvalue weighted by molar-refractivity contribution is 5.96. The lowest BCUT2D eigenvalue weighted by atomic mass is 9.81. The van der Waals surface area contributed by atoms with E-state index in [0.29, 0.717) is 18.5 Å². The Kier molecular flexibility index (Phi) is 10.5. The quantitative estimate of drug-likeness (QED) is 0.349. The van der Waals surface area contributed by atoms with Crippen LogP contribution in [-0.2, 0) is 25.5 Å². The van der Waals surface area contributed by atoms with Gasteiger partial charge in [-0.05, 0) is 70.1 Å². The number of anilines is 1. The van der Waals surface area contributed by atoms with Crippen LogP contribution in [0.4, 0.5) is 5.69 Å². The minimum absolute atomic E-state index is 0.173. The first-order valence-electron chi connectivity index (χ1n) is 12.4. The molecule has 0 heterocycles. The van der Waals surface area contributed by atoms with Gasteiger partial charge in [0, 0.05) is 6.92 Å². The molecule has 0 aliphatic rings. The van der Waals surface area contributed by atoms with E-state index in [1.54, 1.807) is 24.3 Å². The summed E-state index contributed by atoms with van der Waals surface area (Å²) in [4.78, 5) is 39.3. The zero-order valence-electron chi connectivity index (χ0n) is 21.9. The fourth-order valence-corrected chi connectivity index (χ4v) is 4.09. The lowest BCUT2D eigenvalue weighted by molar-refractivity contribution is -0.164. The summed E-state index contributed by atoms with van der Waals surface area (Å²) in [5.41, 5.74) is 3.87. The van der Waals surface area contributed by atoms with Gasteiger partial charge in [0.25, 0.3) is 0 Å². The minimum atomic E-state index is -0.664. The first-order valence-corrected chi connectivity index (χ1v) is 12.4. The molecule has 2 amide bonds. The number of carbonyl (C=O) groups is 3. The van der Waals surface area contributed by atoms with Gasteiger partial charge in [0.05, 0.1) is 17.5 Å². The molecule has 6 heteroatoms. The molecule has 0 radical (unpaired) electrons. The maximum absolute atomic E-state index is 13.6. The van der Waals surface area contributed by atoms with Crippen molar-refractivity contribution in [2.24, 2.45) is 17.8 Å². The number of ether oxygens (including phenoxy) is 1. The number of aryl methyl sites for hydroxylation is 1. The van der Waals surface area contributed by atoms with Gasteiger partial charge in [-0.1, -0.05) is 62.4 Å². The third-order valence-electron chi connectivity index (χ3n) is 5.63. The summed E-state index contributed by atoms with van der Waals surface area (Å²) in [6, 6.07) is 19.0. The monoisotopic (exact) mass is 480 g/mol. The zero-order chi connectivity index (χ0) is 26.0. The summed E-state index contributed by atoms with van der Waals surface area (Å²) in [6.45, 7) is 10.9. The van der Waals surface area contributed by atoms with Crippen molar-refractivity contribution in [1.82, 2.24) is 5.43 Å². The van der Waals surface area contributed by atoms with E-state index in [9.17, 15) is 14.4 Å². The highest BCUT2D eigenvalue weighted by Gasteiger charge is 2.37. The number of nitrogens with one attached hydrogen (secondary N) is 1. The number of nitrogens with zero attached hydrogens (tertiary/aromatic N) is 1. The van der Waals surface area contributed by atoms with Gasteiger partial charge >= 0.3 is 5.97 Å². The first-order chi connectivity index (χ1) is 16.5. The topological polar surface area (TPSA) is 75.7 Å². The fraction of sp³-hybridized carbons (Fsp3) is 0.483. The molecule has 2 aromatic rings. The second-order valence-electron chi connectivity index (χ2n) is 10.4. The number of benzene rings is 2. The van der Waals surface area contributed by atoms with Crippen molar-refractivity contribution in [2.45, 2.75) is 72.8 Å². The van der Waals surface area contributed by atoms with Crippen LogP contribution in [0.2, 0.25) is 0 Å². The van der Waals surface area contributed by atoms with Gasteiger partial charge in [0.15, 0.2) is 0 Å². The minimum Gasteiger partial charge on any atom is -0.460 e. The summed E-state index contributed by atoms with van der Waals surface area (Å²) < 4.78 is 5.75. The van der Waals surface area contributed by atoms with Crippen LogP contribution >= 0.6 is 0 Å². The van der Waals surface area contributed by atoms with Crippen molar-refractivity contribution in [1.29, 1.82) is 0 Å². The molecule has 0 fully saturated rings. The van der Waals surface area contributed by atoms with Crippen molar-refractivity contribution in [3.63, 3.8) is 0 Å². The maximum Gasteiger partial charge on any atom is 0.310 e. The number of rotatable bonds is 10. The van der Waals surface area contributed by atoms with Crippen LogP contribution in [0, 0.1) is 17.8 Å². The Labute approximate surface area is 210 Å². The van der Waals surface area contributed by atoms with Crippen molar-refractivity contribution >= 4 is 23.5 Å². The first kappa shape index (κ1) is 28.1. The predicted molar refractivity (Wildman–Crippen MR) is 139 cm³/mol. The van der Waals surface area contributed by atoms with E-state index in [1.807, 2.05) is 58.9 Å². The average Bonchev–Trinajstić information content (AvgIpc) is 2.78. The van der Waals surface area contributed by atoms with Crippen molar-refractivity contribution in [3.05, 3.63) is 66.2 Å². The number of carbonyl (C=O) groups excluding carboxylic acids is 3. The summed E-state index contributed by atoms with van der Waals surface area (Å²) in [7, 11) is 0. The molecule has 0 saturated heterocycles. The number of hydrogen-bond donors (Lipinski definition) is 1. The van der Waals surface area contributed by atoms with Crippen molar-refractivity contribution in [3.8, 4) is 0 Å². The van der Waals surface area contributed by atoms with E-state index in [1.165, 1.54) is 17.5 Å². The Morgan fingerprint density at radius 1 is 0.914 bits per heavy atom. The number of hydrogen-bond acceptors (Lipinski definition) is 4. The summed E-state index contributed by atoms with van der Waals surface area (Å²) in [5, 5.41) is 1.24. The smallest absolute Gasteiger partial charge is 0.310 e. The SMILES string of the molecule is CC(=O)N(NC(=O)[C@H](CC(C)C)[C@H](CCCc1ccccc1)C(=O)OC(C)(C)C)c1ccccc1. The van der Waals surface area contributed by atoms with E-state index in [2.05, 4.69) is 17.6 Å². The van der Waals surface area contributed by atoms with Gasteiger partial charge in [-0.2, -0.15) is 0 Å². The van der Waals surface area contributed by atoms with Gasteiger partial charge in [0.1, 0.15) is 5.60 Å². The van der Waals surface area contributed by atoms with E-state index in [0.717, 1.165) is 12.8 Å². The summed E-state index contributed by atoms with van der Waals surface area (Å²) in [5.74, 6) is -2.12. The molecule has 1 N–H and O–H groups in total. The zero-order valence-corrected chi connectivity index (χ0v) is 21.9. The molecule has 0 saturated carbocycles. The number of hydrazine groups is 1. The number of amides is 2. The van der Waals surface area contributed by atoms with Gasteiger partial charge in [-0.15, -0.1) is 0 Å². The lowest BCUT2D eigenvalue weighted by Gasteiger charge is -2.31. The highest BCUT2D eigenvalue weighted by atomic mass is 16.6. The molecule has 0 bridgehead atoms. The molecule has 2 rings (SSSR count). The van der Waals surface area contributed by atoms with Gasteiger partial charge < -0.3 is 4.74 Å². The van der Waals surface area contributed by atoms with Crippen LogP contribution in [0.25, 0.3) is 0 Å². The Morgan fingerprint density at radius 2 is 1.49 bits per heavy atom. The molecule has 2 atom stereocenters. The molecule has 0 aliphatic carbocycles. The Bertz CT molecular complexity index is 952. The third kappa shape index (κ3) is 9.55. The number of esters is 1. The summed E-state index contributed by atoms with van der Waals surface area (Å²) >= 11 is 0.